The van der Waals surface area contributed by atoms with Crippen molar-refractivity contribution in [3.05, 3.63) is 52.1 Å². The van der Waals surface area contributed by atoms with Gasteiger partial charge in [0.1, 0.15) is 16.3 Å². The van der Waals surface area contributed by atoms with Crippen LogP contribution in [0.3, 0.4) is 0 Å². The number of aromatic nitrogens is 5. The number of ether oxygens (including phenoxy) is 1. The van der Waals surface area contributed by atoms with Crippen LogP contribution in [0.15, 0.2) is 45.8 Å². The van der Waals surface area contributed by atoms with Crippen LogP contribution in [0.2, 0.25) is 0 Å². The number of anilines is 2. The van der Waals surface area contributed by atoms with Gasteiger partial charge in [0.25, 0.3) is 0 Å². The zero-order chi connectivity index (χ0) is 24.8. The predicted molar refractivity (Wildman–Crippen MR) is 134 cm³/mol. The minimum absolute atomic E-state index is 0.133. The van der Waals surface area contributed by atoms with Gasteiger partial charge in [0, 0.05) is 45.3 Å². The lowest BCUT2D eigenvalue weighted by Gasteiger charge is -2.36. The summed E-state index contributed by atoms with van der Waals surface area (Å²) in [4.78, 5) is 26.0. The molecule has 0 saturated carbocycles. The summed E-state index contributed by atoms with van der Waals surface area (Å²) in [6.45, 7) is 3.98. The van der Waals surface area contributed by atoms with Crippen molar-refractivity contribution >= 4 is 39.0 Å². The molecule has 36 heavy (non-hydrogen) atoms. The van der Waals surface area contributed by atoms with Crippen molar-refractivity contribution in [1.82, 2.24) is 29.0 Å². The molecule has 5 aromatic rings. The lowest BCUT2D eigenvalue weighted by atomic mass is 10.2. The summed E-state index contributed by atoms with van der Waals surface area (Å²) in [5.41, 5.74) is 7.70. The number of rotatable bonds is 6. The van der Waals surface area contributed by atoms with Crippen LogP contribution in [0, 0.1) is 5.82 Å². The molecule has 11 nitrogen and oxygen atoms in total. The van der Waals surface area contributed by atoms with E-state index in [4.69, 9.17) is 14.9 Å². The maximum atomic E-state index is 14.5. The lowest BCUT2D eigenvalue weighted by Crippen LogP contribution is -2.47. The fraction of sp³-hybridized carbons (Fsp3) is 0.304. The van der Waals surface area contributed by atoms with E-state index in [9.17, 15) is 9.18 Å². The fourth-order valence-electron chi connectivity index (χ4n) is 4.46. The number of fused-ring (bicyclic) bond motifs is 3. The Balaban J connectivity index is 1.19. The van der Waals surface area contributed by atoms with Crippen LogP contribution in [-0.2, 0) is 6.54 Å². The number of furan rings is 1. The first-order valence-electron chi connectivity index (χ1n) is 11.4. The van der Waals surface area contributed by atoms with Crippen LogP contribution in [0.25, 0.3) is 27.6 Å². The maximum Gasteiger partial charge on any atom is 0.309 e. The van der Waals surface area contributed by atoms with Crippen LogP contribution in [0.4, 0.5) is 16.0 Å². The summed E-state index contributed by atoms with van der Waals surface area (Å²) < 4.78 is 28.6. The van der Waals surface area contributed by atoms with Crippen LogP contribution in [-0.4, -0.2) is 68.9 Å². The van der Waals surface area contributed by atoms with E-state index in [-0.39, 0.29) is 16.6 Å². The highest BCUT2D eigenvalue weighted by Gasteiger charge is 2.22. The Morgan fingerprint density at radius 3 is 2.69 bits per heavy atom. The molecule has 1 fully saturated rings. The number of benzene rings is 1. The van der Waals surface area contributed by atoms with E-state index in [1.165, 1.54) is 17.7 Å². The standard InChI is InChI=1S/C23H23FN8O3S/c1-34-14-4-5-16(15(24)13-14)30-9-6-29(7-10-30)8-11-31-20-18(36-23(31)33)21-26-19(17-3-2-12-35-17)28-32(21)22(25)27-20/h2-5,12-13H,6-11H2,1H3,(H2,25,27). The third kappa shape index (κ3) is 3.85. The normalized spacial score (nSPS) is 14.8. The van der Waals surface area contributed by atoms with Gasteiger partial charge in [-0.1, -0.05) is 11.3 Å². The van der Waals surface area contributed by atoms with Crippen LogP contribution in [0.1, 0.15) is 0 Å². The molecular formula is C23H23FN8O3S. The van der Waals surface area contributed by atoms with Gasteiger partial charge in [-0.3, -0.25) is 14.3 Å². The molecule has 0 aliphatic carbocycles. The second kappa shape index (κ2) is 8.91. The number of hydrogen-bond donors (Lipinski definition) is 1. The predicted octanol–water partition coefficient (Wildman–Crippen LogP) is 2.31. The minimum atomic E-state index is -0.294. The first-order valence-corrected chi connectivity index (χ1v) is 12.2. The SMILES string of the molecule is COc1ccc(N2CCN(CCn3c(=O)sc4c3nc(N)n3nc(-c5ccco5)nc43)CC2)c(F)c1. The first kappa shape index (κ1) is 22.5. The highest BCUT2D eigenvalue weighted by Crippen LogP contribution is 2.27. The molecular weight excluding hydrogens is 487 g/mol. The third-order valence-corrected chi connectivity index (χ3v) is 7.33. The summed E-state index contributed by atoms with van der Waals surface area (Å²) in [5.74, 6) is 1.23. The third-order valence-electron chi connectivity index (χ3n) is 6.37. The molecule has 2 N–H and O–H groups in total. The Labute approximate surface area is 208 Å². The summed E-state index contributed by atoms with van der Waals surface area (Å²) in [7, 11) is 1.52. The summed E-state index contributed by atoms with van der Waals surface area (Å²) >= 11 is 1.07. The highest BCUT2D eigenvalue weighted by molar-refractivity contribution is 7.17. The number of methoxy groups -OCH3 is 1. The number of nitrogen functional groups attached to an aromatic ring is 1. The van der Waals surface area contributed by atoms with Crippen LogP contribution < -0.4 is 20.2 Å². The Bertz CT molecular complexity index is 1600. The van der Waals surface area contributed by atoms with Crippen molar-refractivity contribution in [3.63, 3.8) is 0 Å². The van der Waals surface area contributed by atoms with E-state index in [0.29, 0.717) is 65.2 Å². The van der Waals surface area contributed by atoms with E-state index in [0.717, 1.165) is 24.4 Å². The second-order valence-corrected chi connectivity index (χ2v) is 9.40. The second-order valence-electron chi connectivity index (χ2n) is 8.44. The van der Waals surface area contributed by atoms with Crippen LogP contribution >= 0.6 is 11.3 Å². The topological polar surface area (TPSA) is 120 Å². The number of hydrogen-bond acceptors (Lipinski definition) is 10. The average molecular weight is 511 g/mol. The quantitative estimate of drug-likeness (QED) is 0.367. The molecule has 0 radical (unpaired) electrons. The van der Waals surface area contributed by atoms with Gasteiger partial charge < -0.3 is 19.8 Å². The van der Waals surface area contributed by atoms with Gasteiger partial charge in [0.15, 0.2) is 17.1 Å². The Morgan fingerprint density at radius 1 is 1.14 bits per heavy atom. The smallest absolute Gasteiger partial charge is 0.309 e. The highest BCUT2D eigenvalue weighted by atomic mass is 32.1. The molecule has 4 aromatic heterocycles. The molecule has 0 amide bonds. The molecule has 0 atom stereocenters. The minimum Gasteiger partial charge on any atom is -0.497 e. The number of nitrogens with zero attached hydrogens (tertiary/aromatic N) is 7. The summed E-state index contributed by atoms with van der Waals surface area (Å²) in [6.07, 6.45) is 1.54. The Kier molecular flexibility index (Phi) is 5.57. The summed E-state index contributed by atoms with van der Waals surface area (Å²) in [6, 6.07) is 8.42. The zero-order valence-electron chi connectivity index (χ0n) is 19.4. The van der Waals surface area contributed by atoms with Crippen molar-refractivity contribution in [3.8, 4) is 17.3 Å². The Morgan fingerprint density at radius 2 is 1.97 bits per heavy atom. The van der Waals surface area contributed by atoms with Gasteiger partial charge in [-0.15, -0.1) is 5.10 Å². The number of nitrogens with two attached hydrogens (primary N) is 1. The van der Waals surface area contributed by atoms with Crippen LogP contribution in [0.5, 0.6) is 5.75 Å². The van der Waals surface area contributed by atoms with E-state index in [1.54, 1.807) is 35.1 Å². The number of halogens is 1. The molecule has 0 spiro atoms. The number of piperazine rings is 1. The maximum absolute atomic E-state index is 14.5. The van der Waals surface area contributed by atoms with E-state index in [2.05, 4.69) is 20.0 Å². The molecule has 13 heteroatoms. The monoisotopic (exact) mass is 510 g/mol. The van der Waals surface area contributed by atoms with Gasteiger partial charge in [-0.25, -0.2) is 9.37 Å². The van der Waals surface area contributed by atoms with Gasteiger partial charge in [-0.05, 0) is 24.3 Å². The molecule has 186 valence electrons. The van der Waals surface area contributed by atoms with Crippen molar-refractivity contribution < 1.29 is 13.5 Å². The molecule has 5 heterocycles. The zero-order valence-corrected chi connectivity index (χ0v) is 20.2. The molecule has 1 aliphatic heterocycles. The molecule has 6 rings (SSSR count). The van der Waals surface area contributed by atoms with E-state index >= 15 is 0 Å². The average Bonchev–Trinajstić information content (AvgIpc) is 3.62. The molecule has 1 aromatic carbocycles. The lowest BCUT2D eigenvalue weighted by molar-refractivity contribution is 0.248. The van der Waals surface area contributed by atoms with Gasteiger partial charge in [-0.2, -0.15) is 9.50 Å². The van der Waals surface area contributed by atoms with Gasteiger partial charge in [0.2, 0.25) is 11.8 Å². The Hall–Kier alpha value is -3.97. The van der Waals surface area contributed by atoms with Crippen molar-refractivity contribution in [2.75, 3.05) is 50.5 Å². The van der Waals surface area contributed by atoms with Gasteiger partial charge >= 0.3 is 4.87 Å². The number of thiazole rings is 1. The van der Waals surface area contributed by atoms with E-state index < -0.39 is 0 Å². The van der Waals surface area contributed by atoms with Crippen molar-refractivity contribution in [2.45, 2.75) is 6.54 Å². The van der Waals surface area contributed by atoms with Crippen molar-refractivity contribution in [1.29, 1.82) is 0 Å². The molecule has 1 saturated heterocycles. The fourth-order valence-corrected chi connectivity index (χ4v) is 5.39. The van der Waals surface area contributed by atoms with Crippen molar-refractivity contribution in [2.24, 2.45) is 0 Å². The molecule has 1 aliphatic rings. The largest absolute Gasteiger partial charge is 0.497 e. The molecule has 0 bridgehead atoms. The summed E-state index contributed by atoms with van der Waals surface area (Å²) in [5, 5.41) is 4.38. The van der Waals surface area contributed by atoms with Gasteiger partial charge in [0.05, 0.1) is 19.1 Å². The van der Waals surface area contributed by atoms with E-state index in [1.807, 2.05) is 4.90 Å². The molecule has 0 unspecified atom stereocenters. The first-order chi connectivity index (χ1) is 17.5.